The van der Waals surface area contributed by atoms with Crippen molar-refractivity contribution in [1.29, 1.82) is 0 Å². The van der Waals surface area contributed by atoms with E-state index in [0.717, 1.165) is 11.3 Å². The van der Waals surface area contributed by atoms with Crippen LogP contribution < -0.4 is 9.80 Å². The molecule has 1 aliphatic carbocycles. The standard InChI is InChI=1S/C26H29BrN2O/c1-16-13-17(2)23(18(3)14-16)24-20-11-10-19(28(4)5)15-22(20)29(6)21-9-8-12-26(27,30-7)25(21)24/h8-15H,1-7H3. The van der Waals surface area contributed by atoms with E-state index < -0.39 is 4.51 Å². The lowest BCUT2D eigenvalue weighted by Gasteiger charge is -2.42. The topological polar surface area (TPSA) is 15.7 Å². The normalized spacial score (nSPS) is 20.1. The van der Waals surface area contributed by atoms with Crippen molar-refractivity contribution in [3.05, 3.63) is 87.6 Å². The number of allylic oxidation sites excluding steroid dienone is 2. The molecule has 1 unspecified atom stereocenters. The third-order valence-electron chi connectivity index (χ3n) is 6.13. The molecule has 0 bridgehead atoms. The summed E-state index contributed by atoms with van der Waals surface area (Å²) in [5.74, 6) is 0. The average molecular weight is 465 g/mol. The third kappa shape index (κ3) is 3.14. The summed E-state index contributed by atoms with van der Waals surface area (Å²) in [4.78, 5) is 4.42. The predicted molar refractivity (Wildman–Crippen MR) is 132 cm³/mol. The summed E-state index contributed by atoms with van der Waals surface area (Å²) in [6, 6.07) is 11.3. The number of anilines is 2. The molecular formula is C26H29BrN2O. The van der Waals surface area contributed by atoms with Crippen LogP contribution in [0.25, 0.3) is 5.57 Å². The van der Waals surface area contributed by atoms with Gasteiger partial charge in [-0.25, -0.2) is 0 Å². The van der Waals surface area contributed by atoms with Crippen LogP contribution in [0.5, 0.6) is 0 Å². The Hall–Kier alpha value is -2.30. The van der Waals surface area contributed by atoms with Gasteiger partial charge < -0.3 is 14.5 Å². The van der Waals surface area contributed by atoms with E-state index in [4.69, 9.17) is 4.74 Å². The lowest BCUT2D eigenvalue weighted by atomic mass is 9.79. The van der Waals surface area contributed by atoms with Crippen molar-refractivity contribution in [2.75, 3.05) is 38.1 Å². The number of nitrogens with zero attached hydrogens (tertiary/aromatic N) is 2. The Labute approximate surface area is 188 Å². The summed E-state index contributed by atoms with van der Waals surface area (Å²) < 4.78 is 5.35. The number of rotatable bonds is 3. The number of hydrogen-bond acceptors (Lipinski definition) is 3. The van der Waals surface area contributed by atoms with Gasteiger partial charge in [0.25, 0.3) is 0 Å². The van der Waals surface area contributed by atoms with Crippen molar-refractivity contribution in [3.63, 3.8) is 0 Å². The van der Waals surface area contributed by atoms with E-state index in [-0.39, 0.29) is 0 Å². The Balaban J connectivity index is 2.15. The Morgan fingerprint density at radius 1 is 1.03 bits per heavy atom. The molecule has 4 heteroatoms. The molecule has 0 saturated carbocycles. The minimum atomic E-state index is -0.678. The van der Waals surface area contributed by atoms with Crippen molar-refractivity contribution in [2.24, 2.45) is 0 Å². The second-order valence-corrected chi connectivity index (χ2v) is 9.62. The largest absolute Gasteiger partial charge is 0.378 e. The summed E-state index contributed by atoms with van der Waals surface area (Å²) in [5.41, 5.74) is 12.3. The highest BCUT2D eigenvalue weighted by atomic mass is 79.9. The van der Waals surface area contributed by atoms with Crippen LogP contribution in [-0.2, 0) is 4.74 Å². The van der Waals surface area contributed by atoms with E-state index in [9.17, 15) is 0 Å². The molecular weight excluding hydrogens is 436 g/mol. The van der Waals surface area contributed by atoms with E-state index in [1.807, 2.05) is 0 Å². The second-order valence-electron chi connectivity index (χ2n) is 8.44. The molecule has 0 saturated heterocycles. The van der Waals surface area contributed by atoms with E-state index >= 15 is 0 Å². The first-order valence-electron chi connectivity index (χ1n) is 10.2. The Morgan fingerprint density at radius 2 is 1.70 bits per heavy atom. The van der Waals surface area contributed by atoms with Crippen molar-refractivity contribution in [3.8, 4) is 0 Å². The van der Waals surface area contributed by atoms with Gasteiger partial charge in [0, 0.05) is 56.3 Å². The molecule has 2 aromatic rings. The van der Waals surface area contributed by atoms with Crippen LogP contribution in [0.1, 0.15) is 27.8 Å². The monoisotopic (exact) mass is 464 g/mol. The zero-order chi connectivity index (χ0) is 21.8. The zero-order valence-corrected chi connectivity index (χ0v) is 20.4. The fourth-order valence-electron chi connectivity index (χ4n) is 4.74. The minimum absolute atomic E-state index is 0.678. The molecule has 0 radical (unpaired) electrons. The quantitative estimate of drug-likeness (QED) is 0.508. The summed E-state index contributed by atoms with van der Waals surface area (Å²) >= 11 is 3.91. The van der Waals surface area contributed by atoms with Gasteiger partial charge in [-0.1, -0.05) is 29.8 Å². The van der Waals surface area contributed by atoms with Gasteiger partial charge in [-0.3, -0.25) is 0 Å². The highest BCUT2D eigenvalue weighted by Gasteiger charge is 2.41. The van der Waals surface area contributed by atoms with Gasteiger partial charge in [0.05, 0.1) is 5.69 Å². The molecule has 0 amide bonds. The van der Waals surface area contributed by atoms with Crippen LogP contribution in [0.2, 0.25) is 0 Å². The number of methoxy groups -OCH3 is 1. The van der Waals surface area contributed by atoms with Gasteiger partial charge in [-0.15, -0.1) is 0 Å². The van der Waals surface area contributed by atoms with Gasteiger partial charge >= 0.3 is 0 Å². The number of halogens is 1. The molecule has 1 heterocycles. The molecule has 1 aliphatic heterocycles. The maximum Gasteiger partial charge on any atom is 0.169 e. The first-order valence-corrected chi connectivity index (χ1v) is 11.0. The van der Waals surface area contributed by atoms with Gasteiger partial charge in [0.1, 0.15) is 0 Å². The van der Waals surface area contributed by atoms with Crippen LogP contribution in [-0.4, -0.2) is 32.8 Å². The van der Waals surface area contributed by atoms with Crippen LogP contribution in [0.15, 0.2) is 59.8 Å². The van der Waals surface area contributed by atoms with Crippen LogP contribution >= 0.6 is 15.9 Å². The van der Waals surface area contributed by atoms with Crippen molar-refractivity contribution in [1.82, 2.24) is 0 Å². The van der Waals surface area contributed by atoms with Gasteiger partial charge in [0.15, 0.2) is 4.51 Å². The zero-order valence-electron chi connectivity index (χ0n) is 18.8. The Kier molecular flexibility index (Phi) is 5.19. The summed E-state index contributed by atoms with van der Waals surface area (Å²) in [6.45, 7) is 6.58. The van der Waals surface area contributed by atoms with Crippen LogP contribution in [0.3, 0.4) is 0 Å². The molecule has 4 rings (SSSR count). The van der Waals surface area contributed by atoms with Crippen molar-refractivity contribution >= 4 is 32.9 Å². The number of ether oxygens (including phenoxy) is 1. The van der Waals surface area contributed by atoms with Crippen molar-refractivity contribution in [2.45, 2.75) is 25.3 Å². The van der Waals surface area contributed by atoms with Gasteiger partial charge in [-0.2, -0.15) is 0 Å². The molecule has 156 valence electrons. The molecule has 0 aromatic heterocycles. The van der Waals surface area contributed by atoms with E-state index in [0.29, 0.717) is 0 Å². The molecule has 0 fully saturated rings. The summed E-state index contributed by atoms with van der Waals surface area (Å²) in [7, 11) is 8.06. The maximum atomic E-state index is 6.02. The molecule has 0 spiro atoms. The molecule has 2 aromatic carbocycles. The first kappa shape index (κ1) is 21.0. The maximum absolute atomic E-state index is 6.02. The number of fused-ring (bicyclic) bond motifs is 2. The Morgan fingerprint density at radius 3 is 2.30 bits per heavy atom. The highest BCUT2D eigenvalue weighted by Crippen LogP contribution is 2.52. The molecule has 3 nitrogen and oxygen atoms in total. The van der Waals surface area contributed by atoms with E-state index in [2.05, 4.69) is 116 Å². The smallest absolute Gasteiger partial charge is 0.169 e. The number of benzene rings is 2. The average Bonchev–Trinajstić information content (AvgIpc) is 2.69. The van der Waals surface area contributed by atoms with E-state index in [1.165, 1.54) is 44.8 Å². The van der Waals surface area contributed by atoms with E-state index in [1.54, 1.807) is 7.11 Å². The Bertz CT molecular complexity index is 1100. The highest BCUT2D eigenvalue weighted by molar-refractivity contribution is 9.10. The predicted octanol–water partition coefficient (Wildman–Crippen LogP) is 6.12. The fraction of sp³-hybridized carbons (Fsp3) is 0.308. The van der Waals surface area contributed by atoms with Crippen molar-refractivity contribution < 1.29 is 4.74 Å². The number of likely N-dealkylation sites (N-methyl/N-ethyl adjacent to an activating group) is 1. The minimum Gasteiger partial charge on any atom is -0.378 e. The lowest BCUT2D eigenvalue weighted by molar-refractivity contribution is 0.147. The summed E-state index contributed by atoms with van der Waals surface area (Å²) in [5, 5.41) is 0. The van der Waals surface area contributed by atoms with Crippen LogP contribution in [0.4, 0.5) is 11.4 Å². The lowest BCUT2D eigenvalue weighted by Crippen LogP contribution is -2.36. The number of alkyl halides is 1. The van der Waals surface area contributed by atoms with Gasteiger partial charge in [-0.05, 0) is 77.7 Å². The molecule has 2 aliphatic rings. The van der Waals surface area contributed by atoms with Crippen LogP contribution in [0, 0.1) is 20.8 Å². The first-order chi connectivity index (χ1) is 14.2. The second kappa shape index (κ2) is 7.44. The molecule has 1 atom stereocenters. The fourth-order valence-corrected chi connectivity index (χ4v) is 5.29. The molecule has 0 N–H and O–H groups in total. The summed E-state index contributed by atoms with van der Waals surface area (Å²) in [6.07, 6.45) is 6.33. The SMILES string of the molecule is COC1(Br)C=CC=C2C1=C(c1c(C)cc(C)cc1C)c1ccc(N(C)C)cc1N2C. The van der Waals surface area contributed by atoms with Gasteiger partial charge in [0.2, 0.25) is 0 Å². The number of aryl methyl sites for hydroxylation is 3. The number of hydrogen-bond donors (Lipinski definition) is 0. The molecule has 30 heavy (non-hydrogen) atoms. The third-order valence-corrected chi connectivity index (χ3v) is 7.11.